The molecule has 0 saturated carbocycles. The smallest absolute Gasteiger partial charge is 0.329 e. The summed E-state index contributed by atoms with van der Waals surface area (Å²) >= 11 is 0. The highest BCUT2D eigenvalue weighted by Crippen LogP contribution is 2.33. The number of pyridine rings is 1. The Kier molecular flexibility index (Phi) is 6.89. The molecule has 0 bridgehead atoms. The Morgan fingerprint density at radius 1 is 1.44 bits per heavy atom. The number of aryl methyl sites for hydroxylation is 2. The molecule has 2 amide bonds. The van der Waals surface area contributed by atoms with Crippen LogP contribution in [0, 0.1) is 19.8 Å². The van der Waals surface area contributed by atoms with Gasteiger partial charge in [-0.3, -0.25) is 14.1 Å². The Labute approximate surface area is 164 Å². The van der Waals surface area contributed by atoms with Gasteiger partial charge in [0.2, 0.25) is 0 Å². The Balaban J connectivity index is 2.04. The summed E-state index contributed by atoms with van der Waals surface area (Å²) in [6.45, 7) is 5.20. The number of amides is 2. The molecule has 1 saturated heterocycles. The molecule has 1 N–H and O–H groups in total. The molecule has 1 aromatic rings. The number of carbonyl (C=O) groups excluding carboxylic acids is 3. The number of nitrogens with zero attached hydrogens (tertiary/aromatic N) is 2. The lowest BCUT2D eigenvalue weighted by molar-refractivity contribution is -0.197. The number of hydrogen-bond donors (Lipinski definition) is 1. The molecule has 0 spiro atoms. The SMILES string of the molecule is Cc1cnc(SSCC(C(=O)ON2C(=O)CC(C)C2=O)S(=O)(=O)O)c(C)c1. The largest absolute Gasteiger partial charge is 0.354 e. The molecule has 1 aliphatic heterocycles. The van der Waals surface area contributed by atoms with Crippen molar-refractivity contribution in [1.82, 2.24) is 10.0 Å². The molecule has 0 aromatic carbocycles. The highest BCUT2D eigenvalue weighted by molar-refractivity contribution is 8.76. The third-order valence-corrected chi connectivity index (χ3v) is 7.35. The van der Waals surface area contributed by atoms with Crippen LogP contribution in [-0.4, -0.2) is 51.8 Å². The highest BCUT2D eigenvalue weighted by Gasteiger charge is 2.42. The zero-order chi connectivity index (χ0) is 20.4. The van der Waals surface area contributed by atoms with E-state index in [0.29, 0.717) is 5.03 Å². The molecular formula is C15H18N2O7S3. The second kappa shape index (κ2) is 8.59. The lowest BCUT2D eigenvalue weighted by atomic mass is 10.1. The van der Waals surface area contributed by atoms with Gasteiger partial charge in [-0.05, 0) is 35.8 Å². The van der Waals surface area contributed by atoms with Crippen LogP contribution in [0.2, 0.25) is 0 Å². The summed E-state index contributed by atoms with van der Waals surface area (Å²) in [7, 11) is -2.69. The fourth-order valence-corrected chi connectivity index (χ4v) is 5.85. The first kappa shape index (κ1) is 21.7. The van der Waals surface area contributed by atoms with E-state index < -0.39 is 39.1 Å². The standard InChI is InChI=1S/C15H18N2O7S3/c1-8-4-9(2)13(16-6-8)26-25-7-11(27(21,22)23)15(20)24-17-12(18)5-10(3)14(17)19/h4,6,10-11H,5,7H2,1-3H3,(H,21,22,23). The summed E-state index contributed by atoms with van der Waals surface area (Å²) in [6.07, 6.45) is 1.52. The Bertz CT molecular complexity index is 872. The van der Waals surface area contributed by atoms with Crippen molar-refractivity contribution in [2.24, 2.45) is 5.92 Å². The van der Waals surface area contributed by atoms with Crippen LogP contribution in [0.3, 0.4) is 0 Å². The maximum atomic E-state index is 12.2. The second-order valence-corrected chi connectivity index (χ2v) is 9.98. The van der Waals surface area contributed by atoms with Crippen molar-refractivity contribution >= 4 is 49.5 Å². The van der Waals surface area contributed by atoms with E-state index in [2.05, 4.69) is 9.82 Å². The Hall–Kier alpha value is -1.63. The molecule has 2 heterocycles. The summed E-state index contributed by atoms with van der Waals surface area (Å²) in [5.74, 6) is -3.88. The van der Waals surface area contributed by atoms with Crippen LogP contribution in [0.25, 0.3) is 0 Å². The average Bonchev–Trinajstić information content (AvgIpc) is 2.78. The van der Waals surface area contributed by atoms with Gasteiger partial charge < -0.3 is 4.84 Å². The second-order valence-electron chi connectivity index (χ2n) is 6.05. The lowest BCUT2D eigenvalue weighted by Gasteiger charge is -2.17. The van der Waals surface area contributed by atoms with Crippen LogP contribution in [-0.2, 0) is 29.3 Å². The minimum absolute atomic E-state index is 0.133. The number of imide groups is 1. The minimum atomic E-state index is -4.80. The van der Waals surface area contributed by atoms with Gasteiger partial charge in [0.15, 0.2) is 5.25 Å². The first-order valence-corrected chi connectivity index (χ1v) is 11.6. The van der Waals surface area contributed by atoms with E-state index in [-0.39, 0.29) is 17.2 Å². The van der Waals surface area contributed by atoms with Crippen molar-refractivity contribution < 1.29 is 32.2 Å². The van der Waals surface area contributed by atoms with Crippen molar-refractivity contribution in [1.29, 1.82) is 0 Å². The number of aromatic nitrogens is 1. The van der Waals surface area contributed by atoms with Gasteiger partial charge in [0.25, 0.3) is 21.9 Å². The predicted octanol–water partition coefficient (Wildman–Crippen LogP) is 1.55. The molecule has 12 heteroatoms. The van der Waals surface area contributed by atoms with Crippen molar-refractivity contribution in [2.45, 2.75) is 37.5 Å². The van der Waals surface area contributed by atoms with Crippen molar-refractivity contribution in [3.8, 4) is 0 Å². The number of carbonyl (C=O) groups is 3. The van der Waals surface area contributed by atoms with E-state index >= 15 is 0 Å². The minimum Gasteiger partial charge on any atom is -0.329 e. The maximum absolute atomic E-state index is 12.2. The van der Waals surface area contributed by atoms with Gasteiger partial charge in [-0.25, -0.2) is 9.78 Å². The van der Waals surface area contributed by atoms with Crippen molar-refractivity contribution in [3.63, 3.8) is 0 Å². The Morgan fingerprint density at radius 3 is 2.63 bits per heavy atom. The highest BCUT2D eigenvalue weighted by atomic mass is 33.1. The first-order valence-electron chi connectivity index (χ1n) is 7.78. The van der Waals surface area contributed by atoms with Crippen LogP contribution < -0.4 is 0 Å². The number of hydroxylamine groups is 2. The van der Waals surface area contributed by atoms with E-state index in [1.54, 1.807) is 6.20 Å². The molecule has 1 aliphatic rings. The van der Waals surface area contributed by atoms with E-state index in [0.717, 1.165) is 32.7 Å². The monoisotopic (exact) mass is 434 g/mol. The van der Waals surface area contributed by atoms with Crippen molar-refractivity contribution in [3.05, 3.63) is 23.4 Å². The fourth-order valence-electron chi connectivity index (χ4n) is 2.22. The molecule has 148 valence electrons. The van der Waals surface area contributed by atoms with Crippen LogP contribution in [0.15, 0.2) is 17.3 Å². The predicted molar refractivity (Wildman–Crippen MR) is 99.1 cm³/mol. The molecular weight excluding hydrogens is 416 g/mol. The first-order chi connectivity index (χ1) is 12.5. The van der Waals surface area contributed by atoms with Gasteiger partial charge in [-0.1, -0.05) is 23.8 Å². The zero-order valence-electron chi connectivity index (χ0n) is 14.7. The number of rotatable bonds is 7. The number of hydrogen-bond acceptors (Lipinski definition) is 9. The van der Waals surface area contributed by atoms with Gasteiger partial charge >= 0.3 is 5.97 Å². The average molecular weight is 435 g/mol. The molecule has 0 aliphatic carbocycles. The molecule has 9 nitrogen and oxygen atoms in total. The summed E-state index contributed by atoms with van der Waals surface area (Å²) in [5, 5.41) is -1.06. The van der Waals surface area contributed by atoms with Gasteiger partial charge in [-0.2, -0.15) is 8.42 Å². The summed E-state index contributed by atoms with van der Waals surface area (Å²) in [4.78, 5) is 44.5. The van der Waals surface area contributed by atoms with E-state index in [1.807, 2.05) is 19.9 Å². The molecule has 1 fully saturated rings. The lowest BCUT2D eigenvalue weighted by Crippen LogP contribution is -2.41. The van der Waals surface area contributed by atoms with Crippen LogP contribution >= 0.6 is 21.6 Å². The molecule has 2 unspecified atom stereocenters. The third kappa shape index (κ3) is 5.43. The summed E-state index contributed by atoms with van der Waals surface area (Å²) in [6, 6.07) is 1.90. The quantitative estimate of drug-likeness (QED) is 0.383. The van der Waals surface area contributed by atoms with E-state index in [1.165, 1.54) is 6.92 Å². The summed E-state index contributed by atoms with van der Waals surface area (Å²) < 4.78 is 32.5. The molecule has 27 heavy (non-hydrogen) atoms. The van der Waals surface area contributed by atoms with Crippen LogP contribution in [0.1, 0.15) is 24.5 Å². The molecule has 2 rings (SSSR count). The topological polar surface area (TPSA) is 131 Å². The van der Waals surface area contributed by atoms with Crippen molar-refractivity contribution in [2.75, 3.05) is 5.75 Å². The van der Waals surface area contributed by atoms with Gasteiger partial charge in [0.1, 0.15) is 5.03 Å². The van der Waals surface area contributed by atoms with Gasteiger partial charge in [-0.15, -0.1) is 5.06 Å². The van der Waals surface area contributed by atoms with Crippen LogP contribution in [0.5, 0.6) is 0 Å². The molecule has 2 atom stereocenters. The molecule has 0 radical (unpaired) electrons. The van der Waals surface area contributed by atoms with Gasteiger partial charge in [0, 0.05) is 24.3 Å². The van der Waals surface area contributed by atoms with E-state index in [9.17, 15) is 27.4 Å². The fraction of sp³-hybridized carbons (Fsp3) is 0.467. The van der Waals surface area contributed by atoms with Gasteiger partial charge in [0.05, 0.1) is 0 Å². The normalized spacial score (nSPS) is 18.7. The van der Waals surface area contributed by atoms with Crippen LogP contribution in [0.4, 0.5) is 0 Å². The third-order valence-electron chi connectivity index (χ3n) is 3.66. The maximum Gasteiger partial charge on any atom is 0.354 e. The Morgan fingerprint density at radius 2 is 2.11 bits per heavy atom. The zero-order valence-corrected chi connectivity index (χ0v) is 17.2. The summed E-state index contributed by atoms with van der Waals surface area (Å²) in [5.41, 5.74) is 1.84. The van der Waals surface area contributed by atoms with E-state index in [4.69, 9.17) is 0 Å². The molecule has 1 aromatic heterocycles.